The first-order valence-corrected chi connectivity index (χ1v) is 27.5. The van der Waals surface area contributed by atoms with E-state index in [0.717, 1.165) is 46.4 Å². The first kappa shape index (κ1) is 51.1. The molecule has 6 aliphatic rings. The minimum atomic E-state index is -1.97. The maximum absolute atomic E-state index is 17.5. The molecule has 17 nitrogen and oxygen atoms in total. The molecule has 0 unspecified atom stereocenters. The normalized spacial score (nSPS) is 23.2. The number of nitriles is 1. The largest absolute Gasteiger partial charge is 0.488 e. The molecular weight excluding hydrogens is 1060 g/mol. The highest BCUT2D eigenvalue weighted by Crippen LogP contribution is 2.49. The summed E-state index contributed by atoms with van der Waals surface area (Å²) >= 11 is 7.89. The lowest BCUT2D eigenvalue weighted by atomic mass is 9.83. The molecule has 3 aromatic carbocycles. The predicted molar refractivity (Wildman–Crippen MR) is 291 cm³/mol. The molecule has 13 rings (SSSR count). The fourth-order valence-corrected chi connectivity index (χ4v) is 14.5. The number of hydrogen-bond donors (Lipinski definition) is 3. The summed E-state index contributed by atoms with van der Waals surface area (Å²) < 4.78 is 67.3. The number of aromatic nitrogens is 4. The van der Waals surface area contributed by atoms with E-state index in [1.807, 2.05) is 24.0 Å². The fraction of sp³-hybridized carbons (Fsp3) is 0.386. The number of nitrogens with zero attached hydrogens (tertiary/aromatic N) is 8. The number of ether oxygens (including phenoxy) is 3. The molecule has 406 valence electrons. The van der Waals surface area contributed by atoms with Gasteiger partial charge >= 0.3 is 12.0 Å². The summed E-state index contributed by atoms with van der Waals surface area (Å²) in [6.45, 7) is 9.30. The number of halogens is 4. The number of piperazine rings is 1. The number of nitrogens with two attached hydrogens (primary N) is 2. The summed E-state index contributed by atoms with van der Waals surface area (Å²) in [4.78, 5) is 61.3. The summed E-state index contributed by atoms with van der Waals surface area (Å²) in [5, 5.41) is 22.7. The van der Waals surface area contributed by atoms with Gasteiger partial charge in [0.1, 0.15) is 60.0 Å². The monoisotopic (exact) mass is 1110 g/mol. The number of nitrogen functional groups attached to an aromatic ring is 1. The van der Waals surface area contributed by atoms with Crippen LogP contribution < -0.4 is 31.4 Å². The van der Waals surface area contributed by atoms with Gasteiger partial charge in [-0.3, -0.25) is 14.5 Å². The molecule has 4 aromatic heterocycles. The molecular formula is C57H52ClF3N10O7S. The van der Waals surface area contributed by atoms with Crippen molar-refractivity contribution in [2.45, 2.75) is 94.9 Å². The number of benzene rings is 3. The van der Waals surface area contributed by atoms with E-state index in [1.54, 1.807) is 28.5 Å². The van der Waals surface area contributed by atoms with Crippen molar-refractivity contribution >= 4 is 77.5 Å². The fourth-order valence-electron chi connectivity index (χ4n) is 13.2. The van der Waals surface area contributed by atoms with Crippen molar-refractivity contribution in [2.75, 3.05) is 56.6 Å². The number of thiophene rings is 1. The molecule has 0 saturated carbocycles. The molecule has 79 heavy (non-hydrogen) atoms. The molecule has 0 bridgehead atoms. The van der Waals surface area contributed by atoms with Gasteiger partial charge in [0.2, 0.25) is 0 Å². The second kappa shape index (κ2) is 18.6. The molecule has 0 radical (unpaired) electrons. The van der Waals surface area contributed by atoms with Crippen LogP contribution in [0.2, 0.25) is 5.02 Å². The Labute approximate surface area is 458 Å². The molecule has 3 saturated heterocycles. The van der Waals surface area contributed by atoms with Crippen LogP contribution in [0.1, 0.15) is 85.4 Å². The van der Waals surface area contributed by atoms with E-state index in [-0.39, 0.29) is 147 Å². The third-order valence-corrected chi connectivity index (χ3v) is 18.5. The third-order valence-electron chi connectivity index (χ3n) is 17.2. The van der Waals surface area contributed by atoms with E-state index in [1.165, 1.54) is 18.2 Å². The van der Waals surface area contributed by atoms with E-state index >= 15 is 8.78 Å². The first-order chi connectivity index (χ1) is 37.9. The number of anilines is 2. The maximum atomic E-state index is 17.5. The molecule has 7 aromatic rings. The highest BCUT2D eigenvalue weighted by atomic mass is 35.5. The number of esters is 1. The summed E-state index contributed by atoms with van der Waals surface area (Å²) in [5.74, 6) is -1.78. The molecule has 5 atom stereocenters. The number of rotatable bonds is 10. The number of amides is 1. The van der Waals surface area contributed by atoms with Gasteiger partial charge in [-0.15, -0.1) is 11.3 Å². The van der Waals surface area contributed by atoms with Crippen LogP contribution in [0.25, 0.3) is 54.4 Å². The molecule has 9 heterocycles. The van der Waals surface area contributed by atoms with E-state index < -0.39 is 41.0 Å². The summed E-state index contributed by atoms with van der Waals surface area (Å²) in [6, 6.07) is 10.5. The molecule has 1 amide bonds. The van der Waals surface area contributed by atoms with Gasteiger partial charge in [-0.25, -0.2) is 22.9 Å². The summed E-state index contributed by atoms with van der Waals surface area (Å²) in [5.41, 5.74) is 14.8. The van der Waals surface area contributed by atoms with Gasteiger partial charge < -0.3 is 45.2 Å². The summed E-state index contributed by atoms with van der Waals surface area (Å²) in [6.07, 6.45) is 2.01. The smallest absolute Gasteiger partial charge is 0.343 e. The topological polar surface area (TPSA) is 228 Å². The third kappa shape index (κ3) is 7.72. The Morgan fingerprint density at radius 3 is 2.68 bits per heavy atom. The molecule has 22 heteroatoms. The highest BCUT2D eigenvalue weighted by Gasteiger charge is 2.50. The van der Waals surface area contributed by atoms with Crippen molar-refractivity contribution in [3.8, 4) is 40.3 Å². The van der Waals surface area contributed by atoms with Crippen molar-refractivity contribution in [3.63, 3.8) is 0 Å². The number of aryl methyl sites for hydroxylation is 1. The van der Waals surface area contributed by atoms with Gasteiger partial charge in [-0.1, -0.05) is 31.2 Å². The number of carbonyl (C=O) groups is 2. The van der Waals surface area contributed by atoms with Crippen molar-refractivity contribution in [3.05, 3.63) is 109 Å². The standard InChI is InChI=1S/C57H52ClF3N10O7S/c1-4-57(75)35-17-40-47-33(22-71(40)53(73)34(35)24-77-54(57)74)44-38(63)9-7-29-41(11-10-39(65-47)45(29)44)76-23-26(2)52(72)68-14-15-70(27(3)20-68)51-31-16-36(58)43(30-6-8-37(60)49-42(30)32(19-62)50(64)79-49)46(61)48(31)66-55(67-51)78-25-56-12-5-13-69(56)21-28(59)18-56/h6,8,10-11,16-17,27-28,38,75H,2,4-5,7,9,12-15,18,20-25,63-64H2,1,3H3/t27-,28+,38-,56-,57-/m0/s1. The van der Waals surface area contributed by atoms with Crippen LogP contribution in [-0.2, 0) is 39.5 Å². The molecule has 5 N–H and O–H groups in total. The lowest BCUT2D eigenvalue weighted by molar-refractivity contribution is -0.172. The minimum Gasteiger partial charge on any atom is -0.488 e. The van der Waals surface area contributed by atoms with Gasteiger partial charge in [0.25, 0.3) is 11.5 Å². The number of cyclic esters (lactones) is 1. The quantitative estimate of drug-likeness (QED) is 0.0875. The van der Waals surface area contributed by atoms with E-state index in [4.69, 9.17) is 47.2 Å². The van der Waals surface area contributed by atoms with Crippen LogP contribution in [-0.4, -0.2) is 110 Å². The van der Waals surface area contributed by atoms with Gasteiger partial charge in [0, 0.05) is 88.7 Å². The van der Waals surface area contributed by atoms with Crippen LogP contribution >= 0.6 is 22.9 Å². The van der Waals surface area contributed by atoms with Crippen molar-refractivity contribution < 1.29 is 42.1 Å². The molecule has 3 fully saturated rings. The number of alkyl halides is 1. The van der Waals surface area contributed by atoms with E-state index in [2.05, 4.69) is 16.5 Å². The van der Waals surface area contributed by atoms with Crippen LogP contribution in [0.4, 0.5) is 24.0 Å². The number of hydrogen-bond acceptors (Lipinski definition) is 16. The summed E-state index contributed by atoms with van der Waals surface area (Å²) in [7, 11) is 0. The van der Waals surface area contributed by atoms with E-state index in [0.29, 0.717) is 54.3 Å². The average molecular weight is 1110 g/mol. The Hall–Kier alpha value is -7.35. The van der Waals surface area contributed by atoms with Gasteiger partial charge in [-0.2, -0.15) is 15.2 Å². The maximum Gasteiger partial charge on any atom is 0.343 e. The second-order valence-electron chi connectivity index (χ2n) is 21.6. The number of carbonyl (C=O) groups excluding carboxylic acids is 2. The SMILES string of the molecule is C=C(COc1ccc2nc3c(c4c2c1CC[C@@H]4N)Cn1c-3cc2c(c1=O)COC(=O)[C@]2(O)CC)C(=O)N1CCN(c2nc(OC[C@@]34CCCN3C[C@H](F)C4)nc3c(F)c(-c4ccc(F)c5sc(N)c(C#N)c45)c(Cl)cc23)[C@@H](C)C1. The zero-order chi connectivity index (χ0) is 55.1. The van der Waals surface area contributed by atoms with Gasteiger partial charge in [-0.05, 0) is 87.0 Å². The number of fused-ring (bicyclic) bond motifs is 8. The van der Waals surface area contributed by atoms with Crippen molar-refractivity contribution in [2.24, 2.45) is 5.73 Å². The Balaban J connectivity index is 0.773. The first-order valence-electron chi connectivity index (χ1n) is 26.3. The molecule has 5 aliphatic heterocycles. The van der Waals surface area contributed by atoms with Gasteiger partial charge in [0.15, 0.2) is 11.4 Å². The number of aliphatic hydroxyl groups is 1. The Morgan fingerprint density at radius 2 is 1.90 bits per heavy atom. The zero-order valence-corrected chi connectivity index (χ0v) is 44.6. The van der Waals surface area contributed by atoms with Crippen LogP contribution in [0.3, 0.4) is 0 Å². The average Bonchev–Trinajstić information content (AvgIpc) is 4.42. The molecule has 0 spiro atoms. The van der Waals surface area contributed by atoms with Crippen LogP contribution in [0.15, 0.2) is 53.3 Å². The van der Waals surface area contributed by atoms with Crippen LogP contribution in [0, 0.1) is 23.0 Å². The Bertz CT molecular complexity index is 3980. The lowest BCUT2D eigenvalue weighted by Crippen LogP contribution is -2.54. The van der Waals surface area contributed by atoms with Crippen molar-refractivity contribution in [1.29, 1.82) is 5.26 Å². The van der Waals surface area contributed by atoms with Gasteiger partial charge in [0.05, 0.1) is 49.8 Å². The van der Waals surface area contributed by atoms with E-state index in [9.17, 15) is 29.1 Å². The number of pyridine rings is 2. The minimum absolute atomic E-state index is 0.00323. The predicted octanol–water partition coefficient (Wildman–Crippen LogP) is 7.86. The molecule has 1 aliphatic carbocycles. The zero-order valence-electron chi connectivity index (χ0n) is 43.1. The highest BCUT2D eigenvalue weighted by molar-refractivity contribution is 7.23. The Morgan fingerprint density at radius 1 is 1.08 bits per heavy atom. The second-order valence-corrected chi connectivity index (χ2v) is 23.1. The lowest BCUT2D eigenvalue weighted by Gasteiger charge is -2.41. The van der Waals surface area contributed by atoms with Crippen LogP contribution in [0.5, 0.6) is 11.8 Å². The van der Waals surface area contributed by atoms with Crippen molar-refractivity contribution in [1.82, 2.24) is 29.3 Å². The Kier molecular flexibility index (Phi) is 12.1.